The standard InChI is InChI=1S/C25H53NO3S/c1-4-7-8-9-10-11-12-13-14-15-16-18-23-26(21-5-2,22-6-3)24-19-17-20-25-30(27,28)29/h4-25H2,1-3H3/p+1. The highest BCUT2D eigenvalue weighted by atomic mass is 32.2. The third kappa shape index (κ3) is 18.6. The minimum absolute atomic E-state index is 0.0900. The lowest BCUT2D eigenvalue weighted by Crippen LogP contribution is -2.50. The minimum Gasteiger partial charge on any atom is -0.324 e. The Hall–Kier alpha value is -0.130. The van der Waals surface area contributed by atoms with Crippen LogP contribution in [0.25, 0.3) is 0 Å². The van der Waals surface area contributed by atoms with E-state index in [2.05, 4.69) is 20.8 Å². The van der Waals surface area contributed by atoms with E-state index in [4.69, 9.17) is 4.55 Å². The van der Waals surface area contributed by atoms with Crippen LogP contribution in [0.15, 0.2) is 0 Å². The Morgan fingerprint density at radius 1 is 0.500 bits per heavy atom. The number of quaternary nitrogens is 1. The van der Waals surface area contributed by atoms with E-state index >= 15 is 0 Å². The molecule has 0 aromatic rings. The molecule has 0 saturated carbocycles. The summed E-state index contributed by atoms with van der Waals surface area (Å²) in [5, 5.41) is 0. The molecule has 4 nitrogen and oxygen atoms in total. The van der Waals surface area contributed by atoms with Crippen molar-refractivity contribution in [2.45, 2.75) is 130 Å². The summed E-state index contributed by atoms with van der Waals surface area (Å²) in [5.74, 6) is -0.0900. The predicted molar refractivity (Wildman–Crippen MR) is 132 cm³/mol. The second-order valence-electron chi connectivity index (χ2n) is 9.47. The molecule has 0 spiro atoms. The van der Waals surface area contributed by atoms with Crippen LogP contribution in [-0.4, -0.2) is 49.4 Å². The molecule has 0 atom stereocenters. The molecule has 0 radical (unpaired) electrons. The second kappa shape index (κ2) is 19.5. The first kappa shape index (κ1) is 29.9. The van der Waals surface area contributed by atoms with Crippen LogP contribution in [0.2, 0.25) is 0 Å². The summed E-state index contributed by atoms with van der Waals surface area (Å²) in [6, 6.07) is 0. The van der Waals surface area contributed by atoms with Crippen molar-refractivity contribution in [2.75, 3.05) is 31.9 Å². The molecule has 0 bridgehead atoms. The van der Waals surface area contributed by atoms with Crippen LogP contribution in [0.1, 0.15) is 130 Å². The van der Waals surface area contributed by atoms with Gasteiger partial charge in [-0.15, -0.1) is 0 Å². The summed E-state index contributed by atoms with van der Waals surface area (Å²) in [6.07, 6.45) is 21.7. The van der Waals surface area contributed by atoms with E-state index < -0.39 is 10.1 Å². The molecule has 0 aliphatic rings. The van der Waals surface area contributed by atoms with E-state index in [1.165, 1.54) is 114 Å². The lowest BCUT2D eigenvalue weighted by molar-refractivity contribution is -0.928. The van der Waals surface area contributed by atoms with E-state index in [1.54, 1.807) is 0 Å². The molecule has 182 valence electrons. The van der Waals surface area contributed by atoms with Gasteiger partial charge in [0.1, 0.15) is 0 Å². The van der Waals surface area contributed by atoms with Crippen molar-refractivity contribution in [3.63, 3.8) is 0 Å². The minimum atomic E-state index is -3.80. The van der Waals surface area contributed by atoms with Gasteiger partial charge in [0.15, 0.2) is 0 Å². The van der Waals surface area contributed by atoms with Gasteiger partial charge in [0.25, 0.3) is 10.1 Å². The van der Waals surface area contributed by atoms with Crippen LogP contribution >= 0.6 is 0 Å². The molecule has 0 amide bonds. The van der Waals surface area contributed by atoms with Gasteiger partial charge in [-0.05, 0) is 44.9 Å². The van der Waals surface area contributed by atoms with Gasteiger partial charge >= 0.3 is 0 Å². The van der Waals surface area contributed by atoms with Gasteiger partial charge in [0.05, 0.1) is 31.9 Å². The van der Waals surface area contributed by atoms with Crippen LogP contribution in [0, 0.1) is 0 Å². The second-order valence-corrected chi connectivity index (χ2v) is 11.0. The van der Waals surface area contributed by atoms with Crippen LogP contribution < -0.4 is 0 Å². The smallest absolute Gasteiger partial charge is 0.264 e. The van der Waals surface area contributed by atoms with Crippen molar-refractivity contribution in [1.82, 2.24) is 0 Å². The lowest BCUT2D eigenvalue weighted by atomic mass is 10.0. The van der Waals surface area contributed by atoms with Crippen molar-refractivity contribution in [1.29, 1.82) is 0 Å². The molecule has 0 unspecified atom stereocenters. The maximum Gasteiger partial charge on any atom is 0.264 e. The van der Waals surface area contributed by atoms with E-state index in [1.807, 2.05) is 0 Å². The molecule has 0 aliphatic carbocycles. The van der Waals surface area contributed by atoms with Crippen LogP contribution in [0.4, 0.5) is 0 Å². The fraction of sp³-hybridized carbons (Fsp3) is 1.00. The summed E-state index contributed by atoms with van der Waals surface area (Å²) in [5.41, 5.74) is 0. The highest BCUT2D eigenvalue weighted by Gasteiger charge is 2.24. The van der Waals surface area contributed by atoms with Crippen molar-refractivity contribution in [3.05, 3.63) is 0 Å². The van der Waals surface area contributed by atoms with Crippen LogP contribution in [-0.2, 0) is 10.1 Å². The van der Waals surface area contributed by atoms with E-state index in [-0.39, 0.29) is 5.75 Å². The Morgan fingerprint density at radius 2 is 0.867 bits per heavy atom. The van der Waals surface area contributed by atoms with Gasteiger partial charge in [-0.2, -0.15) is 8.42 Å². The Morgan fingerprint density at radius 3 is 1.23 bits per heavy atom. The van der Waals surface area contributed by atoms with Gasteiger partial charge in [-0.1, -0.05) is 85.0 Å². The Labute approximate surface area is 189 Å². The first-order chi connectivity index (χ1) is 14.4. The maximum absolute atomic E-state index is 10.9. The van der Waals surface area contributed by atoms with E-state index in [0.29, 0.717) is 6.42 Å². The number of nitrogens with zero attached hydrogens (tertiary/aromatic N) is 1. The van der Waals surface area contributed by atoms with Crippen molar-refractivity contribution in [3.8, 4) is 0 Å². The number of hydrogen-bond donors (Lipinski definition) is 1. The maximum atomic E-state index is 10.9. The van der Waals surface area contributed by atoms with Crippen molar-refractivity contribution in [2.24, 2.45) is 0 Å². The number of unbranched alkanes of at least 4 members (excludes halogenated alkanes) is 13. The largest absolute Gasteiger partial charge is 0.324 e. The quantitative estimate of drug-likeness (QED) is 0.101. The zero-order valence-electron chi connectivity index (χ0n) is 20.7. The monoisotopic (exact) mass is 448 g/mol. The SMILES string of the molecule is CCCCCCCCCCCCCC[N+](CCC)(CCC)CCCCCS(=O)(=O)O. The molecule has 0 aromatic carbocycles. The molecule has 0 aromatic heterocycles. The van der Waals surface area contributed by atoms with Gasteiger partial charge in [-0.25, -0.2) is 0 Å². The average Bonchev–Trinajstić information content (AvgIpc) is 2.68. The third-order valence-corrected chi connectivity index (χ3v) is 7.22. The zero-order valence-corrected chi connectivity index (χ0v) is 21.5. The van der Waals surface area contributed by atoms with Gasteiger partial charge in [-0.3, -0.25) is 4.55 Å². The molecule has 1 N–H and O–H groups in total. The highest BCUT2D eigenvalue weighted by Crippen LogP contribution is 2.17. The molecule has 0 rings (SSSR count). The van der Waals surface area contributed by atoms with Crippen LogP contribution in [0.3, 0.4) is 0 Å². The molecule has 0 aliphatic heterocycles. The molecule has 5 heteroatoms. The molecule has 30 heavy (non-hydrogen) atoms. The van der Waals surface area contributed by atoms with Crippen molar-refractivity contribution >= 4 is 10.1 Å². The summed E-state index contributed by atoms with van der Waals surface area (Å²) in [6.45, 7) is 11.8. The molecular formula is C25H54NO3S+. The summed E-state index contributed by atoms with van der Waals surface area (Å²) in [4.78, 5) is 0. The first-order valence-corrected chi connectivity index (χ1v) is 14.8. The predicted octanol–water partition coefficient (Wildman–Crippen LogP) is 7.38. The molecule has 0 fully saturated rings. The fourth-order valence-electron chi connectivity index (χ4n) is 4.82. The Balaban J connectivity index is 3.99. The normalized spacial score (nSPS) is 12.5. The summed E-state index contributed by atoms with van der Waals surface area (Å²) < 4.78 is 31.9. The summed E-state index contributed by atoms with van der Waals surface area (Å²) >= 11 is 0. The summed E-state index contributed by atoms with van der Waals surface area (Å²) in [7, 11) is -3.80. The topological polar surface area (TPSA) is 54.4 Å². The van der Waals surface area contributed by atoms with Gasteiger partial charge < -0.3 is 4.48 Å². The average molecular weight is 449 g/mol. The fourth-order valence-corrected chi connectivity index (χ4v) is 5.39. The number of rotatable bonds is 23. The zero-order chi connectivity index (χ0) is 22.6. The van der Waals surface area contributed by atoms with E-state index in [9.17, 15) is 8.42 Å². The molecule has 0 saturated heterocycles. The Bertz CT molecular complexity index is 459. The Kier molecular flexibility index (Phi) is 19.5. The highest BCUT2D eigenvalue weighted by molar-refractivity contribution is 7.85. The van der Waals surface area contributed by atoms with E-state index in [0.717, 1.165) is 19.4 Å². The number of hydrogen-bond acceptors (Lipinski definition) is 2. The molecular weight excluding hydrogens is 394 g/mol. The molecule has 0 heterocycles. The van der Waals surface area contributed by atoms with Crippen LogP contribution in [0.5, 0.6) is 0 Å². The van der Waals surface area contributed by atoms with Crippen molar-refractivity contribution < 1.29 is 17.5 Å². The first-order valence-electron chi connectivity index (χ1n) is 13.2. The van der Waals surface area contributed by atoms with Gasteiger partial charge in [0.2, 0.25) is 0 Å². The third-order valence-electron chi connectivity index (χ3n) is 6.42. The lowest BCUT2D eigenvalue weighted by Gasteiger charge is -2.39. The van der Waals surface area contributed by atoms with Gasteiger partial charge in [0, 0.05) is 0 Å².